The molecule has 8 nitrogen and oxygen atoms in total. The number of aromatic nitrogens is 4. The molecule has 25 heavy (non-hydrogen) atoms. The molecule has 1 aromatic heterocycles. The maximum absolute atomic E-state index is 12.2. The molecular weight excluding hydrogens is 340 g/mol. The summed E-state index contributed by atoms with van der Waals surface area (Å²) in [6.07, 6.45) is 0.405. The molecule has 0 unspecified atom stereocenters. The van der Waals surface area contributed by atoms with Gasteiger partial charge in [-0.15, -0.1) is 5.10 Å². The number of carbonyl (C=O) groups excluding carboxylic acids is 1. The highest BCUT2D eigenvalue weighted by Gasteiger charge is 2.13. The second-order valence-electron chi connectivity index (χ2n) is 5.83. The highest BCUT2D eigenvalue weighted by Crippen LogP contribution is 2.24. The monoisotopic (exact) mass is 362 g/mol. The van der Waals surface area contributed by atoms with Crippen molar-refractivity contribution in [3.63, 3.8) is 0 Å². The molecule has 1 N–H and O–H groups in total. The maximum atomic E-state index is 12.2. The van der Waals surface area contributed by atoms with Crippen molar-refractivity contribution in [2.75, 3.05) is 42.3 Å². The molecule has 1 fully saturated rings. The lowest BCUT2D eigenvalue weighted by Crippen LogP contribution is -2.36. The van der Waals surface area contributed by atoms with Crippen LogP contribution in [0.25, 0.3) is 0 Å². The van der Waals surface area contributed by atoms with Crippen LogP contribution in [0, 0.1) is 6.92 Å². The Morgan fingerprint density at radius 1 is 1.36 bits per heavy atom. The molecule has 0 spiro atoms. The van der Waals surface area contributed by atoms with Crippen molar-refractivity contribution >= 4 is 29.0 Å². The zero-order valence-corrected chi connectivity index (χ0v) is 15.3. The van der Waals surface area contributed by atoms with Crippen LogP contribution in [0.1, 0.15) is 12.0 Å². The third-order valence-corrected chi connectivity index (χ3v) is 5.01. The van der Waals surface area contributed by atoms with Crippen molar-refractivity contribution in [3.05, 3.63) is 23.8 Å². The van der Waals surface area contributed by atoms with Gasteiger partial charge in [0.1, 0.15) is 0 Å². The van der Waals surface area contributed by atoms with E-state index in [1.165, 1.54) is 17.4 Å². The topological polar surface area (TPSA) is 85.2 Å². The number of nitrogens with one attached hydrogen (secondary N) is 1. The maximum Gasteiger partial charge on any atom is 0.225 e. The van der Waals surface area contributed by atoms with Crippen LogP contribution in [0.2, 0.25) is 0 Å². The first kappa shape index (κ1) is 17.7. The zero-order valence-electron chi connectivity index (χ0n) is 14.4. The summed E-state index contributed by atoms with van der Waals surface area (Å²) in [5.74, 6) is 0.621. The van der Waals surface area contributed by atoms with Gasteiger partial charge in [0.2, 0.25) is 11.1 Å². The Morgan fingerprint density at radius 3 is 2.84 bits per heavy atom. The number of hydrogen-bond donors (Lipinski definition) is 1. The molecule has 2 heterocycles. The van der Waals surface area contributed by atoms with Crippen LogP contribution < -0.4 is 10.2 Å². The highest BCUT2D eigenvalue weighted by molar-refractivity contribution is 7.99. The van der Waals surface area contributed by atoms with Crippen LogP contribution in [0.3, 0.4) is 0 Å². The molecule has 134 valence electrons. The summed E-state index contributed by atoms with van der Waals surface area (Å²) in [4.78, 5) is 14.5. The Labute approximate surface area is 150 Å². The van der Waals surface area contributed by atoms with E-state index in [2.05, 4.69) is 31.8 Å². The number of anilines is 2. The third-order valence-electron chi connectivity index (χ3n) is 4.00. The molecule has 1 aliphatic rings. The van der Waals surface area contributed by atoms with E-state index >= 15 is 0 Å². The average molecular weight is 362 g/mol. The summed E-state index contributed by atoms with van der Waals surface area (Å²) in [7, 11) is 1.78. The number of tetrazole rings is 1. The number of benzene rings is 1. The Morgan fingerprint density at radius 2 is 2.16 bits per heavy atom. The van der Waals surface area contributed by atoms with Crippen molar-refractivity contribution in [1.82, 2.24) is 20.2 Å². The van der Waals surface area contributed by atoms with Gasteiger partial charge < -0.3 is 15.0 Å². The van der Waals surface area contributed by atoms with E-state index in [4.69, 9.17) is 4.74 Å². The van der Waals surface area contributed by atoms with Crippen LogP contribution in [-0.2, 0) is 16.6 Å². The van der Waals surface area contributed by atoms with Gasteiger partial charge in [0, 0.05) is 43.7 Å². The molecule has 0 saturated carbocycles. The van der Waals surface area contributed by atoms with Crippen LogP contribution >= 0.6 is 11.8 Å². The molecule has 9 heteroatoms. The number of ether oxygens (including phenoxy) is 1. The summed E-state index contributed by atoms with van der Waals surface area (Å²) in [5, 5.41) is 14.9. The Kier molecular flexibility index (Phi) is 5.87. The number of carbonyl (C=O) groups is 1. The van der Waals surface area contributed by atoms with Gasteiger partial charge in [-0.2, -0.15) is 0 Å². The fraction of sp³-hybridized carbons (Fsp3) is 0.500. The minimum absolute atomic E-state index is 0.00940. The van der Waals surface area contributed by atoms with Crippen molar-refractivity contribution < 1.29 is 9.53 Å². The quantitative estimate of drug-likeness (QED) is 0.779. The van der Waals surface area contributed by atoms with Crippen LogP contribution in [-0.4, -0.2) is 58.2 Å². The molecule has 1 aliphatic heterocycles. The summed E-state index contributed by atoms with van der Waals surface area (Å²) < 4.78 is 6.98. The number of hydrogen-bond acceptors (Lipinski definition) is 7. The van der Waals surface area contributed by atoms with Gasteiger partial charge in [-0.25, -0.2) is 4.68 Å². The standard InChI is InChI=1S/C16H22N6O2S/c1-12-11-13(22-6-8-24-9-7-22)3-4-14(12)17-15(23)5-10-25-16-18-19-20-21(16)2/h3-4,11H,5-10H2,1-2H3,(H,17,23). The Bertz CT molecular complexity index is 729. The molecule has 1 amide bonds. The lowest BCUT2D eigenvalue weighted by molar-refractivity contribution is -0.115. The van der Waals surface area contributed by atoms with Gasteiger partial charge in [0.25, 0.3) is 0 Å². The van der Waals surface area contributed by atoms with E-state index in [1.807, 2.05) is 19.1 Å². The van der Waals surface area contributed by atoms with Gasteiger partial charge in [-0.1, -0.05) is 11.8 Å². The lowest BCUT2D eigenvalue weighted by Gasteiger charge is -2.29. The summed E-state index contributed by atoms with van der Waals surface area (Å²) in [6.45, 7) is 5.34. The number of nitrogens with zero attached hydrogens (tertiary/aromatic N) is 5. The van der Waals surface area contributed by atoms with Crippen molar-refractivity contribution in [3.8, 4) is 0 Å². The van der Waals surface area contributed by atoms with Crippen molar-refractivity contribution in [2.24, 2.45) is 7.05 Å². The highest BCUT2D eigenvalue weighted by atomic mass is 32.2. The van der Waals surface area contributed by atoms with Gasteiger partial charge in [0.05, 0.1) is 13.2 Å². The number of amides is 1. The van der Waals surface area contributed by atoms with Crippen LogP contribution in [0.15, 0.2) is 23.4 Å². The number of rotatable bonds is 6. The van der Waals surface area contributed by atoms with Gasteiger partial charge in [-0.05, 0) is 41.1 Å². The van der Waals surface area contributed by atoms with E-state index in [-0.39, 0.29) is 5.91 Å². The van der Waals surface area contributed by atoms with E-state index < -0.39 is 0 Å². The smallest absolute Gasteiger partial charge is 0.225 e. The first-order valence-corrected chi connectivity index (χ1v) is 9.20. The van der Waals surface area contributed by atoms with Gasteiger partial charge >= 0.3 is 0 Å². The second-order valence-corrected chi connectivity index (χ2v) is 6.89. The first-order chi connectivity index (χ1) is 12.1. The molecular formula is C16H22N6O2S. The molecule has 0 atom stereocenters. The van der Waals surface area contributed by atoms with E-state index in [0.29, 0.717) is 17.3 Å². The number of thioether (sulfide) groups is 1. The predicted octanol–water partition coefficient (Wildman–Crippen LogP) is 1.48. The number of morpholine rings is 1. The van der Waals surface area contributed by atoms with Crippen LogP contribution in [0.4, 0.5) is 11.4 Å². The van der Waals surface area contributed by atoms with E-state index in [0.717, 1.165) is 37.6 Å². The molecule has 1 saturated heterocycles. The lowest BCUT2D eigenvalue weighted by atomic mass is 10.1. The number of aryl methyl sites for hydroxylation is 2. The largest absolute Gasteiger partial charge is 0.378 e. The Hall–Kier alpha value is -2.13. The second kappa shape index (κ2) is 8.30. The molecule has 1 aromatic carbocycles. The van der Waals surface area contributed by atoms with E-state index in [1.54, 1.807) is 11.7 Å². The van der Waals surface area contributed by atoms with Crippen molar-refractivity contribution in [1.29, 1.82) is 0 Å². The molecule has 0 aliphatic carbocycles. The van der Waals surface area contributed by atoms with Gasteiger partial charge in [0.15, 0.2) is 0 Å². The Balaban J connectivity index is 1.51. The fourth-order valence-corrected chi connectivity index (χ4v) is 3.39. The fourth-order valence-electron chi connectivity index (χ4n) is 2.60. The zero-order chi connectivity index (χ0) is 17.6. The predicted molar refractivity (Wildman–Crippen MR) is 97.0 cm³/mol. The minimum Gasteiger partial charge on any atom is -0.378 e. The summed E-state index contributed by atoms with van der Waals surface area (Å²) in [6, 6.07) is 6.13. The third kappa shape index (κ3) is 4.70. The molecule has 3 rings (SSSR count). The van der Waals surface area contributed by atoms with E-state index in [9.17, 15) is 4.79 Å². The van der Waals surface area contributed by atoms with Crippen molar-refractivity contribution in [2.45, 2.75) is 18.5 Å². The molecule has 0 bridgehead atoms. The van der Waals surface area contributed by atoms with Crippen LogP contribution in [0.5, 0.6) is 0 Å². The SMILES string of the molecule is Cc1cc(N2CCOCC2)ccc1NC(=O)CCSc1nnnn1C. The van der Waals surface area contributed by atoms with Gasteiger partial charge in [-0.3, -0.25) is 4.79 Å². The molecule has 0 radical (unpaired) electrons. The summed E-state index contributed by atoms with van der Waals surface area (Å²) >= 11 is 1.47. The minimum atomic E-state index is -0.00940. The normalized spacial score (nSPS) is 14.6. The average Bonchev–Trinajstić information content (AvgIpc) is 3.02. The molecule has 2 aromatic rings. The first-order valence-electron chi connectivity index (χ1n) is 8.22. The summed E-state index contributed by atoms with van der Waals surface area (Å²) in [5.41, 5.74) is 3.08.